The number of aryl methyl sites for hydroxylation is 2. The molecule has 20 heavy (non-hydrogen) atoms. The van der Waals surface area contributed by atoms with Gasteiger partial charge in [0.2, 0.25) is 0 Å². The minimum atomic E-state index is -0.0189. The summed E-state index contributed by atoms with van der Waals surface area (Å²) in [5.41, 5.74) is 3.69. The Balaban J connectivity index is 1.60. The molecular formula is C15H25N3O2. The van der Waals surface area contributed by atoms with Crippen LogP contribution in [0.25, 0.3) is 0 Å². The Morgan fingerprint density at radius 1 is 1.40 bits per heavy atom. The highest BCUT2D eigenvalue weighted by Gasteiger charge is 2.40. The first kappa shape index (κ1) is 14.0. The van der Waals surface area contributed by atoms with Gasteiger partial charge in [-0.2, -0.15) is 5.10 Å². The Morgan fingerprint density at radius 3 is 2.90 bits per heavy atom. The van der Waals surface area contributed by atoms with Crippen LogP contribution in [-0.4, -0.2) is 41.2 Å². The number of rotatable bonds is 3. The predicted molar refractivity (Wildman–Crippen MR) is 76.7 cm³/mol. The summed E-state index contributed by atoms with van der Waals surface area (Å²) in [5, 5.41) is 8.17. The largest absolute Gasteiger partial charge is 0.378 e. The summed E-state index contributed by atoms with van der Waals surface area (Å²) in [7, 11) is 2.01. The third-order valence-electron chi connectivity index (χ3n) is 4.79. The van der Waals surface area contributed by atoms with E-state index in [1.807, 2.05) is 11.7 Å². The summed E-state index contributed by atoms with van der Waals surface area (Å²) < 4.78 is 13.5. The van der Waals surface area contributed by atoms with E-state index in [9.17, 15) is 0 Å². The first-order valence-electron chi connectivity index (χ1n) is 7.54. The molecule has 1 N–H and O–H groups in total. The van der Waals surface area contributed by atoms with Gasteiger partial charge in [0.15, 0.2) is 0 Å². The molecule has 1 aromatic heterocycles. The third-order valence-corrected chi connectivity index (χ3v) is 4.79. The standard InChI is InChI=1S/C15H25N3O2/c1-11-14(12(2)18(3)17-11)9-16-13-4-6-20-15(8-13)5-7-19-10-15/h13,16H,4-10H2,1-3H3. The zero-order valence-corrected chi connectivity index (χ0v) is 12.7. The second kappa shape index (κ2) is 5.47. The van der Waals surface area contributed by atoms with Gasteiger partial charge in [-0.3, -0.25) is 4.68 Å². The predicted octanol–water partition coefficient (Wildman–Crippen LogP) is 1.46. The van der Waals surface area contributed by atoms with Crippen LogP contribution in [0.15, 0.2) is 0 Å². The van der Waals surface area contributed by atoms with E-state index in [0.29, 0.717) is 6.04 Å². The van der Waals surface area contributed by atoms with Crippen molar-refractivity contribution < 1.29 is 9.47 Å². The molecule has 2 aliphatic heterocycles. The van der Waals surface area contributed by atoms with Crippen molar-refractivity contribution in [2.45, 2.75) is 51.3 Å². The van der Waals surface area contributed by atoms with Crippen LogP contribution in [0.2, 0.25) is 0 Å². The van der Waals surface area contributed by atoms with E-state index in [0.717, 1.165) is 51.3 Å². The molecule has 3 rings (SSSR count). The van der Waals surface area contributed by atoms with Gasteiger partial charge in [-0.05, 0) is 26.7 Å². The monoisotopic (exact) mass is 279 g/mol. The first-order valence-corrected chi connectivity index (χ1v) is 7.54. The van der Waals surface area contributed by atoms with Crippen molar-refractivity contribution in [2.75, 3.05) is 19.8 Å². The Hall–Kier alpha value is -0.910. The molecule has 2 unspecified atom stereocenters. The second-order valence-corrected chi connectivity index (χ2v) is 6.18. The molecule has 5 heteroatoms. The number of nitrogens with zero attached hydrogens (tertiary/aromatic N) is 2. The number of hydrogen-bond donors (Lipinski definition) is 1. The number of aromatic nitrogens is 2. The SMILES string of the molecule is Cc1nn(C)c(C)c1CNC1CCOC2(CCOC2)C1. The van der Waals surface area contributed by atoms with E-state index in [4.69, 9.17) is 9.47 Å². The summed E-state index contributed by atoms with van der Waals surface area (Å²) in [4.78, 5) is 0. The summed E-state index contributed by atoms with van der Waals surface area (Å²) in [6.07, 6.45) is 3.18. The number of nitrogens with one attached hydrogen (secondary N) is 1. The molecule has 2 atom stereocenters. The maximum Gasteiger partial charge on any atom is 0.0951 e. The first-order chi connectivity index (χ1) is 9.60. The fraction of sp³-hybridized carbons (Fsp3) is 0.800. The molecule has 2 aliphatic rings. The average molecular weight is 279 g/mol. The Morgan fingerprint density at radius 2 is 2.25 bits per heavy atom. The topological polar surface area (TPSA) is 48.3 Å². The molecule has 1 spiro atoms. The lowest BCUT2D eigenvalue weighted by molar-refractivity contribution is -0.0894. The van der Waals surface area contributed by atoms with Gasteiger partial charge in [0.05, 0.1) is 17.9 Å². The van der Waals surface area contributed by atoms with Crippen LogP contribution in [-0.2, 0) is 23.1 Å². The van der Waals surface area contributed by atoms with Crippen LogP contribution in [0.1, 0.15) is 36.2 Å². The fourth-order valence-corrected chi connectivity index (χ4v) is 3.39. The molecule has 0 amide bonds. The van der Waals surface area contributed by atoms with Gasteiger partial charge in [0, 0.05) is 50.5 Å². The van der Waals surface area contributed by atoms with E-state index < -0.39 is 0 Å². The van der Waals surface area contributed by atoms with Crippen molar-refractivity contribution >= 4 is 0 Å². The lowest BCUT2D eigenvalue weighted by Crippen LogP contribution is -2.47. The van der Waals surface area contributed by atoms with Crippen molar-refractivity contribution in [1.82, 2.24) is 15.1 Å². The molecular weight excluding hydrogens is 254 g/mol. The van der Waals surface area contributed by atoms with Crippen LogP contribution in [0.4, 0.5) is 0 Å². The Labute approximate surface area is 120 Å². The van der Waals surface area contributed by atoms with E-state index in [2.05, 4.69) is 24.3 Å². The molecule has 0 saturated carbocycles. The zero-order valence-electron chi connectivity index (χ0n) is 12.7. The van der Waals surface area contributed by atoms with E-state index >= 15 is 0 Å². The van der Waals surface area contributed by atoms with E-state index in [1.165, 1.54) is 11.3 Å². The molecule has 3 heterocycles. The van der Waals surface area contributed by atoms with Gasteiger partial charge in [-0.25, -0.2) is 0 Å². The van der Waals surface area contributed by atoms with Crippen LogP contribution in [0, 0.1) is 13.8 Å². The highest BCUT2D eigenvalue weighted by atomic mass is 16.6. The molecule has 112 valence electrons. The van der Waals surface area contributed by atoms with Gasteiger partial charge < -0.3 is 14.8 Å². The van der Waals surface area contributed by atoms with Crippen molar-refractivity contribution in [3.8, 4) is 0 Å². The van der Waals surface area contributed by atoms with E-state index in [1.54, 1.807) is 0 Å². The van der Waals surface area contributed by atoms with E-state index in [-0.39, 0.29) is 5.60 Å². The Kier molecular flexibility index (Phi) is 3.84. The number of hydrogen-bond acceptors (Lipinski definition) is 4. The molecule has 2 fully saturated rings. The van der Waals surface area contributed by atoms with Crippen LogP contribution >= 0.6 is 0 Å². The normalized spacial score (nSPS) is 30.2. The van der Waals surface area contributed by atoms with Gasteiger partial charge in [-0.1, -0.05) is 0 Å². The molecule has 0 bridgehead atoms. The summed E-state index contributed by atoms with van der Waals surface area (Å²) >= 11 is 0. The highest BCUT2D eigenvalue weighted by molar-refractivity contribution is 5.24. The van der Waals surface area contributed by atoms with Crippen molar-refractivity contribution in [3.05, 3.63) is 17.0 Å². The van der Waals surface area contributed by atoms with Gasteiger partial charge in [-0.15, -0.1) is 0 Å². The minimum absolute atomic E-state index is 0.0189. The molecule has 0 aromatic carbocycles. The van der Waals surface area contributed by atoms with Crippen molar-refractivity contribution in [2.24, 2.45) is 7.05 Å². The molecule has 1 aromatic rings. The zero-order chi connectivity index (χ0) is 14.2. The average Bonchev–Trinajstić information content (AvgIpc) is 2.95. The van der Waals surface area contributed by atoms with Crippen LogP contribution < -0.4 is 5.32 Å². The molecule has 2 saturated heterocycles. The smallest absolute Gasteiger partial charge is 0.0951 e. The Bertz CT molecular complexity index is 478. The van der Waals surface area contributed by atoms with Crippen molar-refractivity contribution in [1.29, 1.82) is 0 Å². The summed E-state index contributed by atoms with van der Waals surface area (Å²) in [5.74, 6) is 0. The van der Waals surface area contributed by atoms with Gasteiger partial charge >= 0.3 is 0 Å². The lowest BCUT2D eigenvalue weighted by Gasteiger charge is -2.37. The maximum atomic E-state index is 5.98. The second-order valence-electron chi connectivity index (χ2n) is 6.18. The molecule has 0 radical (unpaired) electrons. The highest BCUT2D eigenvalue weighted by Crippen LogP contribution is 2.33. The van der Waals surface area contributed by atoms with Crippen LogP contribution in [0.3, 0.4) is 0 Å². The third kappa shape index (κ3) is 2.62. The van der Waals surface area contributed by atoms with Crippen molar-refractivity contribution in [3.63, 3.8) is 0 Å². The lowest BCUT2D eigenvalue weighted by atomic mass is 9.89. The number of ether oxygens (including phenoxy) is 2. The fourth-order valence-electron chi connectivity index (χ4n) is 3.39. The summed E-state index contributed by atoms with van der Waals surface area (Å²) in [6.45, 7) is 7.55. The van der Waals surface area contributed by atoms with Gasteiger partial charge in [0.1, 0.15) is 0 Å². The maximum absolute atomic E-state index is 5.98. The van der Waals surface area contributed by atoms with Gasteiger partial charge in [0.25, 0.3) is 0 Å². The molecule has 5 nitrogen and oxygen atoms in total. The van der Waals surface area contributed by atoms with Crippen LogP contribution in [0.5, 0.6) is 0 Å². The quantitative estimate of drug-likeness (QED) is 0.910. The summed E-state index contributed by atoms with van der Waals surface area (Å²) in [6, 6.07) is 0.518. The minimum Gasteiger partial charge on any atom is -0.378 e. The molecule has 0 aliphatic carbocycles.